The third kappa shape index (κ3) is 26.3. The van der Waals surface area contributed by atoms with E-state index in [1.165, 1.54) is 63.7 Å². The minimum absolute atomic E-state index is 0.953. The molecule has 1 atom stereocenters. The molecule has 0 fully saturated rings. The van der Waals surface area contributed by atoms with Gasteiger partial charge in [-0.05, 0) is 0 Å². The molecular formula is C11H23NaO4S. The van der Waals surface area contributed by atoms with Crippen molar-refractivity contribution in [3.8, 4) is 0 Å². The van der Waals surface area contributed by atoms with Gasteiger partial charge in [0.2, 0.25) is 0 Å². The molecule has 0 saturated heterocycles. The Bertz CT molecular complexity index is 267. The third-order valence-electron chi connectivity index (χ3n) is 2.42. The van der Waals surface area contributed by atoms with E-state index in [4.69, 9.17) is 17.5 Å². The number of hydrogen-bond donors (Lipinski definition) is 2. The topological polar surface area (TPSA) is 74.6 Å². The predicted molar refractivity (Wildman–Crippen MR) is 71.8 cm³/mol. The van der Waals surface area contributed by atoms with Crippen LogP contribution < -0.4 is 0 Å². The van der Waals surface area contributed by atoms with Gasteiger partial charge in [0.05, 0.1) is 0 Å². The SMILES string of the molecule is CCCCC(CC)CC=C[CH2][Na].O=S(=O)(O)O. The fourth-order valence-corrected chi connectivity index (χ4v) is 1.77. The van der Waals surface area contributed by atoms with Crippen molar-refractivity contribution in [1.29, 1.82) is 0 Å². The molecule has 0 aliphatic rings. The average molecular weight is 274 g/mol. The molecule has 0 aromatic carbocycles. The molecule has 0 saturated carbocycles. The van der Waals surface area contributed by atoms with Gasteiger partial charge in [-0.2, -0.15) is 8.42 Å². The van der Waals surface area contributed by atoms with E-state index in [0.717, 1.165) is 5.92 Å². The van der Waals surface area contributed by atoms with Gasteiger partial charge in [-0.25, -0.2) is 0 Å². The normalized spacial score (nSPS) is 13.3. The zero-order chi connectivity index (χ0) is 13.7. The average Bonchev–Trinajstić information content (AvgIpc) is 2.21. The number of rotatable bonds is 7. The van der Waals surface area contributed by atoms with Crippen molar-refractivity contribution in [1.82, 2.24) is 0 Å². The molecular weight excluding hydrogens is 251 g/mol. The monoisotopic (exact) mass is 274 g/mol. The van der Waals surface area contributed by atoms with Crippen LogP contribution in [0.4, 0.5) is 0 Å². The largest absolute Gasteiger partial charge is 0.394 e. The van der Waals surface area contributed by atoms with E-state index < -0.39 is 10.4 Å². The van der Waals surface area contributed by atoms with Crippen molar-refractivity contribution in [2.24, 2.45) is 5.92 Å². The predicted octanol–water partition coefficient (Wildman–Crippen LogP) is 3.08. The Morgan fingerprint density at radius 3 is 2.12 bits per heavy atom. The van der Waals surface area contributed by atoms with Gasteiger partial charge in [0, 0.05) is 0 Å². The smallest absolute Gasteiger partial charge is 0.264 e. The van der Waals surface area contributed by atoms with E-state index in [1.807, 2.05) is 0 Å². The van der Waals surface area contributed by atoms with Crippen LogP contribution in [0.15, 0.2) is 12.2 Å². The summed E-state index contributed by atoms with van der Waals surface area (Å²) in [6, 6.07) is 0. The third-order valence-corrected chi connectivity index (χ3v) is 2.89. The molecule has 0 spiro atoms. The van der Waals surface area contributed by atoms with Gasteiger partial charge < -0.3 is 0 Å². The number of allylic oxidation sites excluding steroid dienone is 2. The first-order chi connectivity index (χ1) is 7.85. The zero-order valence-electron chi connectivity index (χ0n) is 11.1. The van der Waals surface area contributed by atoms with Crippen LogP contribution in [-0.2, 0) is 10.4 Å². The second-order valence-corrected chi connectivity index (χ2v) is 5.69. The Morgan fingerprint density at radius 1 is 1.24 bits per heavy atom. The van der Waals surface area contributed by atoms with Gasteiger partial charge in [-0.1, -0.05) is 0 Å². The quantitative estimate of drug-likeness (QED) is 0.425. The van der Waals surface area contributed by atoms with Crippen LogP contribution in [-0.4, -0.2) is 45.5 Å². The van der Waals surface area contributed by atoms with Crippen molar-refractivity contribution in [3.05, 3.63) is 12.2 Å². The van der Waals surface area contributed by atoms with Gasteiger partial charge in [0.25, 0.3) is 0 Å². The van der Waals surface area contributed by atoms with Crippen molar-refractivity contribution >= 4 is 38.3 Å². The summed E-state index contributed by atoms with van der Waals surface area (Å²) < 4.78 is 32.9. The summed E-state index contributed by atoms with van der Waals surface area (Å²) in [5.41, 5.74) is 0. The Hall–Kier alpha value is 0.610. The van der Waals surface area contributed by atoms with Crippen molar-refractivity contribution in [3.63, 3.8) is 0 Å². The molecule has 0 amide bonds. The minimum Gasteiger partial charge on any atom is -0.264 e. The molecule has 0 aliphatic heterocycles. The summed E-state index contributed by atoms with van der Waals surface area (Å²) >= 11 is 1.32. The molecule has 0 rings (SSSR count). The van der Waals surface area contributed by atoms with Crippen LogP contribution in [0.25, 0.3) is 0 Å². The molecule has 4 nitrogen and oxygen atoms in total. The van der Waals surface area contributed by atoms with Gasteiger partial charge in [0.15, 0.2) is 0 Å². The fraction of sp³-hybridized carbons (Fsp3) is 0.818. The summed E-state index contributed by atoms with van der Waals surface area (Å²) in [6.45, 7) is 4.59. The maximum Gasteiger partial charge on any atom is 0.394 e. The molecule has 17 heavy (non-hydrogen) atoms. The Balaban J connectivity index is 0. The van der Waals surface area contributed by atoms with E-state index in [1.54, 1.807) is 0 Å². The Morgan fingerprint density at radius 2 is 1.76 bits per heavy atom. The molecule has 1 unspecified atom stereocenters. The minimum atomic E-state index is -4.67. The molecule has 0 aromatic rings. The summed E-state index contributed by atoms with van der Waals surface area (Å²) in [6.07, 6.45) is 11.6. The Labute approximate surface area is 123 Å². The van der Waals surface area contributed by atoms with Crippen molar-refractivity contribution < 1.29 is 17.5 Å². The van der Waals surface area contributed by atoms with E-state index >= 15 is 0 Å². The zero-order valence-corrected chi connectivity index (χ0v) is 13.9. The molecule has 0 bridgehead atoms. The summed E-state index contributed by atoms with van der Waals surface area (Å²) in [5, 5.41) is 0. The first-order valence-electron chi connectivity index (χ1n) is 6.19. The molecule has 6 heteroatoms. The van der Waals surface area contributed by atoms with Crippen molar-refractivity contribution in [2.75, 3.05) is 0 Å². The number of unbranched alkanes of at least 4 members (excludes halogenated alkanes) is 1. The molecule has 0 aromatic heterocycles. The fourth-order valence-electron chi connectivity index (χ4n) is 1.44. The summed E-state index contributed by atoms with van der Waals surface area (Å²) in [7, 11) is -4.67. The van der Waals surface area contributed by atoms with Crippen LogP contribution >= 0.6 is 0 Å². The number of hydrogen-bond acceptors (Lipinski definition) is 2. The van der Waals surface area contributed by atoms with Crippen LogP contribution in [0.3, 0.4) is 0 Å². The van der Waals surface area contributed by atoms with Crippen LogP contribution in [0.1, 0.15) is 46.0 Å². The van der Waals surface area contributed by atoms with Gasteiger partial charge >= 0.3 is 106 Å². The molecule has 0 radical (unpaired) electrons. The van der Waals surface area contributed by atoms with E-state index in [9.17, 15) is 0 Å². The van der Waals surface area contributed by atoms with Crippen LogP contribution in [0.2, 0.25) is 3.67 Å². The van der Waals surface area contributed by atoms with Crippen molar-refractivity contribution in [2.45, 2.75) is 49.6 Å². The van der Waals surface area contributed by atoms with E-state index in [0.29, 0.717) is 0 Å². The molecule has 0 aliphatic carbocycles. The van der Waals surface area contributed by atoms with Crippen LogP contribution in [0, 0.1) is 5.92 Å². The second-order valence-electron chi connectivity index (χ2n) is 3.98. The molecule has 2 N–H and O–H groups in total. The summed E-state index contributed by atoms with van der Waals surface area (Å²) in [5.74, 6) is 0.953. The Kier molecular flexibility index (Phi) is 15.3. The van der Waals surface area contributed by atoms with E-state index in [2.05, 4.69) is 26.0 Å². The van der Waals surface area contributed by atoms with Gasteiger partial charge in [-0.3, -0.25) is 9.11 Å². The maximum atomic E-state index is 8.74. The maximum absolute atomic E-state index is 8.74. The first kappa shape index (κ1) is 19.9. The standard InChI is InChI=1S/C11H21.Na.H2O4S/c1-4-7-9-11(6-3)10-8-5-2;;1-5(2,3)4/h4,7,11H,1,5-6,8-10H2,2-3H3;;(H2,1,2,3,4). The van der Waals surface area contributed by atoms with Gasteiger partial charge in [0.1, 0.15) is 0 Å². The second kappa shape index (κ2) is 13.1. The summed E-state index contributed by atoms with van der Waals surface area (Å²) in [4.78, 5) is 0. The van der Waals surface area contributed by atoms with E-state index in [-0.39, 0.29) is 0 Å². The van der Waals surface area contributed by atoms with Gasteiger partial charge in [-0.15, -0.1) is 0 Å². The molecule has 0 heterocycles. The molecule has 98 valence electrons. The first-order valence-corrected chi connectivity index (χ1v) is 9.01. The van der Waals surface area contributed by atoms with Crippen LogP contribution in [0.5, 0.6) is 0 Å².